The second-order valence-electron chi connectivity index (χ2n) is 9.16. The summed E-state index contributed by atoms with van der Waals surface area (Å²) in [7, 11) is 14.9. The van der Waals surface area contributed by atoms with Gasteiger partial charge in [0.05, 0.1) is 5.60 Å². The van der Waals surface area contributed by atoms with E-state index in [1.165, 1.54) is 5.57 Å². The van der Waals surface area contributed by atoms with Gasteiger partial charge in [0.2, 0.25) is 0 Å². The van der Waals surface area contributed by atoms with E-state index in [1.807, 2.05) is 0 Å². The molecule has 0 aromatic heterocycles. The Bertz CT molecular complexity index is 401. The minimum absolute atomic E-state index is 0.269. The summed E-state index contributed by atoms with van der Waals surface area (Å²) >= 11 is -1.77. The van der Waals surface area contributed by atoms with Crippen molar-refractivity contribution in [1.82, 2.24) is 0 Å². The normalized spacial score (nSPS) is 18.4. The van der Waals surface area contributed by atoms with Gasteiger partial charge in [-0.25, -0.2) is 18.1 Å². The van der Waals surface area contributed by atoms with Gasteiger partial charge >= 0.3 is 41.8 Å². The molecule has 0 spiro atoms. The van der Waals surface area contributed by atoms with Crippen molar-refractivity contribution in [2.75, 3.05) is 0 Å². The van der Waals surface area contributed by atoms with Crippen molar-refractivity contribution in [2.24, 2.45) is 16.7 Å². The van der Waals surface area contributed by atoms with Gasteiger partial charge in [0.1, 0.15) is 0 Å². The number of aliphatic hydroxyl groups is 1. The molecular weight excluding hydrogens is 402 g/mol. The molecule has 1 aliphatic rings. The van der Waals surface area contributed by atoms with E-state index in [0.717, 1.165) is 0 Å². The second kappa shape index (κ2) is 10.8. The summed E-state index contributed by atoms with van der Waals surface area (Å²) in [6.45, 7) is 21.3. The third-order valence-corrected chi connectivity index (χ3v) is 3.09. The molecule has 0 heterocycles. The molecule has 0 bridgehead atoms. The van der Waals surface area contributed by atoms with Crippen LogP contribution in [0.25, 0.3) is 0 Å². The van der Waals surface area contributed by atoms with E-state index in [4.69, 9.17) is 34.7 Å². The Labute approximate surface area is 167 Å². The Kier molecular flexibility index (Phi) is 12.1. The minimum atomic E-state index is -1.77. The van der Waals surface area contributed by atoms with Crippen LogP contribution in [-0.2, 0) is 12.3 Å². The summed E-state index contributed by atoms with van der Waals surface area (Å²) in [6.07, 6.45) is 6.98. The second-order valence-corrected chi connectivity index (χ2v) is 16.1. The first-order valence-corrected chi connectivity index (χ1v) is 13.9. The van der Waals surface area contributed by atoms with Crippen LogP contribution in [-0.4, -0.2) is 10.7 Å². The molecule has 144 valence electrons. The van der Waals surface area contributed by atoms with Crippen LogP contribution < -0.4 is 0 Å². The van der Waals surface area contributed by atoms with Crippen LogP contribution in [0.2, 0.25) is 0 Å². The third-order valence-electron chi connectivity index (χ3n) is 3.09. The Morgan fingerprint density at radius 2 is 1.29 bits per heavy atom. The van der Waals surface area contributed by atoms with Crippen molar-refractivity contribution in [3.8, 4) is 0 Å². The number of allylic oxidation sites excluding steroid dienone is 4. The van der Waals surface area contributed by atoms with E-state index >= 15 is 0 Å². The van der Waals surface area contributed by atoms with Crippen LogP contribution in [0.15, 0.2) is 23.8 Å². The third kappa shape index (κ3) is 16.2. The van der Waals surface area contributed by atoms with Crippen molar-refractivity contribution in [2.45, 2.75) is 74.8 Å². The first-order valence-electron chi connectivity index (χ1n) is 8.09. The summed E-state index contributed by atoms with van der Waals surface area (Å²) in [5.41, 5.74) is 1.48. The van der Waals surface area contributed by atoms with Gasteiger partial charge in [0.15, 0.2) is 0 Å². The zero-order valence-corrected chi connectivity index (χ0v) is 20.5. The number of halogens is 3. The quantitative estimate of drug-likeness (QED) is 0.387. The predicted molar refractivity (Wildman–Crippen MR) is 108 cm³/mol. The average molecular weight is 437 g/mol. The molecule has 0 aliphatic heterocycles. The Hall–Kier alpha value is 0.764. The predicted octanol–water partition coefficient (Wildman–Crippen LogP) is 7.63. The van der Waals surface area contributed by atoms with E-state index in [-0.39, 0.29) is 5.41 Å². The zero-order chi connectivity index (χ0) is 19.9. The molecule has 1 unspecified atom stereocenters. The molecule has 0 radical (unpaired) electrons. The van der Waals surface area contributed by atoms with E-state index < -0.39 is 17.9 Å². The van der Waals surface area contributed by atoms with Gasteiger partial charge in [-0.1, -0.05) is 59.8 Å². The van der Waals surface area contributed by atoms with Crippen LogP contribution in [0.5, 0.6) is 0 Å². The van der Waals surface area contributed by atoms with E-state index in [0.29, 0.717) is 11.3 Å². The molecule has 1 rings (SSSR count). The van der Waals surface area contributed by atoms with Gasteiger partial charge < -0.3 is 5.11 Å². The molecule has 1 N–H and O–H groups in total. The number of rotatable bonds is 0. The molecule has 1 atom stereocenters. The summed E-state index contributed by atoms with van der Waals surface area (Å²) < 4.78 is 0. The Balaban J connectivity index is 0. The molecular formula is C19H35Cl3OV-. The molecule has 0 amide bonds. The van der Waals surface area contributed by atoms with Gasteiger partial charge in [-0.05, 0) is 26.2 Å². The number of hydrogen-bond acceptors (Lipinski definition) is 1. The molecule has 0 aromatic rings. The van der Waals surface area contributed by atoms with Crippen LogP contribution in [0.1, 0.15) is 69.2 Å². The van der Waals surface area contributed by atoms with Gasteiger partial charge in [-0.2, -0.15) is 0 Å². The first kappa shape index (κ1) is 27.0. The Morgan fingerprint density at radius 3 is 1.54 bits per heavy atom. The summed E-state index contributed by atoms with van der Waals surface area (Å²) in [5.74, 6) is 2.13. The first-order chi connectivity index (χ1) is 10.4. The summed E-state index contributed by atoms with van der Waals surface area (Å²) in [5, 5.41) is 8.52. The van der Waals surface area contributed by atoms with Crippen molar-refractivity contribution in [1.29, 1.82) is 0 Å². The van der Waals surface area contributed by atoms with Crippen molar-refractivity contribution >= 4 is 29.5 Å². The van der Waals surface area contributed by atoms with E-state index in [9.17, 15) is 0 Å². The fourth-order valence-electron chi connectivity index (χ4n) is 2.17. The SMILES string of the molecule is CC(C)(C)O.CC1=CC(C(C)(C)C)[C-](C(C)(C)C)C=C1.[Cl][V]([Cl])[Cl]. The molecule has 0 saturated carbocycles. The van der Waals surface area contributed by atoms with Crippen molar-refractivity contribution in [3.63, 3.8) is 0 Å². The van der Waals surface area contributed by atoms with Crippen LogP contribution in [0.4, 0.5) is 0 Å². The van der Waals surface area contributed by atoms with Gasteiger partial charge in [-0.3, -0.25) is 0 Å². The van der Waals surface area contributed by atoms with E-state index in [2.05, 4.69) is 66.7 Å². The molecule has 1 aliphatic carbocycles. The van der Waals surface area contributed by atoms with Gasteiger partial charge in [0.25, 0.3) is 0 Å². The zero-order valence-electron chi connectivity index (χ0n) is 16.8. The standard InChI is InChI=1S/C15H25.C4H10O.3ClH.V/c1-11-8-9-12(14(2,3)4)13(10-11)15(5,6)7;1-4(2,3)5;;;;/h8-10,13H,1-7H3;5H,1-3H3;3*1H;/q-1;;;;;+3/p-3. The maximum absolute atomic E-state index is 8.52. The van der Waals surface area contributed by atoms with Crippen LogP contribution in [0.3, 0.4) is 0 Å². The van der Waals surface area contributed by atoms with Gasteiger partial charge in [-0.15, -0.1) is 11.6 Å². The monoisotopic (exact) mass is 435 g/mol. The topological polar surface area (TPSA) is 20.2 Å². The number of hydrogen-bond donors (Lipinski definition) is 1. The molecule has 24 heavy (non-hydrogen) atoms. The van der Waals surface area contributed by atoms with Crippen molar-refractivity contribution in [3.05, 3.63) is 29.7 Å². The summed E-state index contributed by atoms with van der Waals surface area (Å²) in [4.78, 5) is 0. The fourth-order valence-corrected chi connectivity index (χ4v) is 2.17. The van der Waals surface area contributed by atoms with E-state index in [1.54, 1.807) is 26.7 Å². The molecule has 0 aromatic carbocycles. The molecule has 1 nitrogen and oxygen atoms in total. The van der Waals surface area contributed by atoms with Crippen LogP contribution in [0, 0.1) is 22.7 Å². The summed E-state index contributed by atoms with van der Waals surface area (Å²) in [6, 6.07) is 0. The Morgan fingerprint density at radius 1 is 0.958 bits per heavy atom. The fraction of sp³-hybridized carbons (Fsp3) is 0.737. The maximum atomic E-state index is 8.52. The average Bonchev–Trinajstić information content (AvgIpc) is 2.22. The van der Waals surface area contributed by atoms with Crippen LogP contribution >= 0.6 is 29.5 Å². The van der Waals surface area contributed by atoms with Gasteiger partial charge in [0, 0.05) is 0 Å². The molecule has 0 fully saturated rings. The van der Waals surface area contributed by atoms with Crippen molar-refractivity contribution < 1.29 is 17.4 Å². The molecule has 0 saturated heterocycles. The molecule has 5 heteroatoms.